The number of fused-ring (bicyclic) bond motifs is 1. The topological polar surface area (TPSA) is 161 Å². The number of benzene rings is 1. The molecule has 0 saturated carbocycles. The summed E-state index contributed by atoms with van der Waals surface area (Å²) in [5.74, 6) is 0.189. The number of ether oxygens (including phenoxy) is 1. The van der Waals surface area contributed by atoms with Crippen molar-refractivity contribution in [2.45, 2.75) is 19.4 Å². The molecule has 0 amide bonds. The van der Waals surface area contributed by atoms with Gasteiger partial charge in [0.1, 0.15) is 17.4 Å². The molecule has 28 heavy (non-hydrogen) atoms. The molecule has 0 unspecified atom stereocenters. The molecule has 2 heterocycles. The number of non-ortho nitro benzene ring substituents is 1. The molecule has 0 N–H and O–H groups in total. The summed E-state index contributed by atoms with van der Waals surface area (Å²) in [4.78, 5) is 43.5. The van der Waals surface area contributed by atoms with E-state index in [0.717, 1.165) is 16.8 Å². The van der Waals surface area contributed by atoms with Gasteiger partial charge >= 0.3 is 11.2 Å². The van der Waals surface area contributed by atoms with Crippen molar-refractivity contribution in [1.82, 2.24) is 4.57 Å². The van der Waals surface area contributed by atoms with Crippen LogP contribution in [0.2, 0.25) is 0 Å². The van der Waals surface area contributed by atoms with Gasteiger partial charge in [-0.2, -0.15) is 0 Å². The number of nitro groups is 3. The minimum atomic E-state index is -1.11. The third-order valence-electron chi connectivity index (χ3n) is 3.96. The van der Waals surface area contributed by atoms with Crippen molar-refractivity contribution in [3.05, 3.63) is 82.8 Å². The van der Waals surface area contributed by atoms with Crippen molar-refractivity contribution in [1.29, 1.82) is 0 Å². The fourth-order valence-corrected chi connectivity index (χ4v) is 2.80. The molecule has 1 aliphatic rings. The molecule has 0 bridgehead atoms. The highest BCUT2D eigenvalue weighted by molar-refractivity contribution is 5.76. The summed E-state index contributed by atoms with van der Waals surface area (Å²) in [6, 6.07) is 4.24. The van der Waals surface area contributed by atoms with Crippen LogP contribution in [0.5, 0.6) is 5.75 Å². The SMILES string of the molecule is CC1(C)C=C(n2cc([N+](=O)[O-])cc([N+](=O)[O-])c2=O)c2cc([N+](=O)[O-])ccc2O1. The molecule has 0 aliphatic carbocycles. The standard InChI is InChI=1S/C16H12N4O8/c1-16(2)7-13(11-5-9(18(22)23)3-4-14(11)28-16)17-8-10(19(24)25)6-12(15(17)21)20(26)27/h3-8H,1-2H3. The first-order valence-corrected chi connectivity index (χ1v) is 7.77. The van der Waals surface area contributed by atoms with Crippen molar-refractivity contribution in [2.75, 3.05) is 0 Å². The number of nitrogens with zero attached hydrogens (tertiary/aromatic N) is 4. The zero-order valence-electron chi connectivity index (χ0n) is 14.5. The molecule has 0 radical (unpaired) electrons. The van der Waals surface area contributed by atoms with Crippen molar-refractivity contribution in [2.24, 2.45) is 0 Å². The van der Waals surface area contributed by atoms with E-state index in [-0.39, 0.29) is 22.7 Å². The van der Waals surface area contributed by atoms with Gasteiger partial charge in [0.15, 0.2) is 0 Å². The molecule has 0 saturated heterocycles. The Morgan fingerprint density at radius 1 is 0.964 bits per heavy atom. The van der Waals surface area contributed by atoms with E-state index in [9.17, 15) is 35.1 Å². The maximum Gasteiger partial charge on any atom is 0.341 e. The molecule has 1 aromatic carbocycles. The van der Waals surface area contributed by atoms with Crippen LogP contribution in [0.4, 0.5) is 17.1 Å². The van der Waals surface area contributed by atoms with Crippen LogP contribution >= 0.6 is 0 Å². The van der Waals surface area contributed by atoms with Gasteiger partial charge in [0, 0.05) is 17.7 Å². The molecule has 2 aromatic rings. The highest BCUT2D eigenvalue weighted by atomic mass is 16.6. The summed E-state index contributed by atoms with van der Waals surface area (Å²) in [5.41, 5.74) is -3.97. The molecule has 0 spiro atoms. The van der Waals surface area contributed by atoms with E-state index in [1.807, 2.05) is 0 Å². The van der Waals surface area contributed by atoms with Crippen LogP contribution in [0.25, 0.3) is 5.70 Å². The molecule has 144 valence electrons. The summed E-state index contributed by atoms with van der Waals surface area (Å²) < 4.78 is 6.46. The van der Waals surface area contributed by atoms with Crippen molar-refractivity contribution >= 4 is 22.8 Å². The lowest BCUT2D eigenvalue weighted by molar-refractivity contribution is -0.395. The highest BCUT2D eigenvalue weighted by Crippen LogP contribution is 2.38. The lowest BCUT2D eigenvalue weighted by Gasteiger charge is -2.31. The van der Waals surface area contributed by atoms with Crippen LogP contribution in [0.15, 0.2) is 41.3 Å². The average Bonchev–Trinajstić information content (AvgIpc) is 2.59. The zero-order chi connectivity index (χ0) is 20.8. The molecule has 3 rings (SSSR count). The Balaban J connectivity index is 2.37. The number of rotatable bonds is 4. The Kier molecular flexibility index (Phi) is 4.18. The lowest BCUT2D eigenvalue weighted by Crippen LogP contribution is -2.32. The number of hydrogen-bond donors (Lipinski definition) is 0. The van der Waals surface area contributed by atoms with Gasteiger partial charge in [0.2, 0.25) is 0 Å². The third kappa shape index (κ3) is 3.18. The van der Waals surface area contributed by atoms with Crippen LogP contribution in [0.1, 0.15) is 19.4 Å². The molecular formula is C16H12N4O8. The predicted molar refractivity (Wildman–Crippen MR) is 95.2 cm³/mol. The largest absolute Gasteiger partial charge is 0.483 e. The first-order valence-electron chi connectivity index (χ1n) is 7.77. The van der Waals surface area contributed by atoms with Gasteiger partial charge in [-0.15, -0.1) is 0 Å². The first kappa shape index (κ1) is 18.7. The number of nitro benzene ring substituents is 1. The second-order valence-electron chi connectivity index (χ2n) is 6.45. The Morgan fingerprint density at radius 2 is 1.61 bits per heavy atom. The summed E-state index contributed by atoms with van der Waals surface area (Å²) in [6.07, 6.45) is 2.25. The van der Waals surface area contributed by atoms with Crippen LogP contribution in [-0.4, -0.2) is 24.9 Å². The Bertz CT molecular complexity index is 1130. The Labute approximate surface area is 155 Å². The van der Waals surface area contributed by atoms with E-state index >= 15 is 0 Å². The van der Waals surface area contributed by atoms with Gasteiger partial charge in [-0.05, 0) is 26.0 Å². The second kappa shape index (κ2) is 6.26. The van der Waals surface area contributed by atoms with E-state index < -0.39 is 37.3 Å². The van der Waals surface area contributed by atoms with Gasteiger partial charge in [0.25, 0.3) is 11.4 Å². The molecule has 1 aliphatic heterocycles. The summed E-state index contributed by atoms with van der Waals surface area (Å²) in [5, 5.41) is 33.5. The maximum atomic E-state index is 12.6. The van der Waals surface area contributed by atoms with Crippen molar-refractivity contribution in [3.8, 4) is 5.75 Å². The van der Waals surface area contributed by atoms with Gasteiger partial charge in [-0.3, -0.25) is 39.7 Å². The van der Waals surface area contributed by atoms with Gasteiger partial charge in [-0.25, -0.2) is 0 Å². The molecule has 0 atom stereocenters. The van der Waals surface area contributed by atoms with Crippen LogP contribution < -0.4 is 10.3 Å². The maximum absolute atomic E-state index is 12.6. The minimum Gasteiger partial charge on any atom is -0.483 e. The molecule has 12 heteroatoms. The number of hydrogen-bond acceptors (Lipinski definition) is 8. The van der Waals surface area contributed by atoms with Gasteiger partial charge < -0.3 is 4.74 Å². The molecular weight excluding hydrogens is 376 g/mol. The monoisotopic (exact) mass is 388 g/mol. The second-order valence-corrected chi connectivity index (χ2v) is 6.45. The van der Waals surface area contributed by atoms with E-state index in [2.05, 4.69) is 0 Å². The van der Waals surface area contributed by atoms with Crippen LogP contribution in [0, 0.1) is 30.3 Å². The van der Waals surface area contributed by atoms with Crippen LogP contribution in [-0.2, 0) is 0 Å². The average molecular weight is 388 g/mol. The third-order valence-corrected chi connectivity index (χ3v) is 3.96. The van der Waals surface area contributed by atoms with Crippen molar-refractivity contribution < 1.29 is 19.5 Å². The normalized spacial score (nSPS) is 14.4. The summed E-state index contributed by atoms with van der Waals surface area (Å²) in [6.45, 7) is 3.27. The van der Waals surface area contributed by atoms with Gasteiger partial charge in [-0.1, -0.05) is 0 Å². The fraction of sp³-hybridized carbons (Fsp3) is 0.188. The lowest BCUT2D eigenvalue weighted by atomic mass is 9.98. The van der Waals surface area contributed by atoms with Crippen molar-refractivity contribution in [3.63, 3.8) is 0 Å². The Morgan fingerprint density at radius 3 is 2.18 bits per heavy atom. The highest BCUT2D eigenvalue weighted by Gasteiger charge is 2.32. The van der Waals surface area contributed by atoms with Gasteiger partial charge in [0.05, 0.1) is 26.7 Å². The molecule has 12 nitrogen and oxygen atoms in total. The zero-order valence-corrected chi connectivity index (χ0v) is 14.5. The number of pyridine rings is 1. The first-order chi connectivity index (χ1) is 13.0. The van der Waals surface area contributed by atoms with E-state index in [4.69, 9.17) is 4.74 Å². The molecule has 0 fully saturated rings. The minimum absolute atomic E-state index is 0.00625. The number of aromatic nitrogens is 1. The van der Waals surface area contributed by atoms with E-state index in [0.29, 0.717) is 6.07 Å². The Hall–Kier alpha value is -4.09. The van der Waals surface area contributed by atoms with E-state index in [1.54, 1.807) is 13.8 Å². The predicted octanol–water partition coefficient (Wildman–Crippen LogP) is 2.63. The summed E-state index contributed by atoms with van der Waals surface area (Å²) >= 11 is 0. The van der Waals surface area contributed by atoms with Crippen LogP contribution in [0.3, 0.4) is 0 Å². The smallest absolute Gasteiger partial charge is 0.341 e. The summed E-state index contributed by atoms with van der Waals surface area (Å²) in [7, 11) is 0. The quantitative estimate of drug-likeness (QED) is 0.570. The molecule has 1 aromatic heterocycles. The fourth-order valence-electron chi connectivity index (χ4n) is 2.80. The van der Waals surface area contributed by atoms with E-state index in [1.165, 1.54) is 18.2 Å².